The van der Waals surface area contributed by atoms with Crippen LogP contribution >= 0.6 is 0 Å². The Bertz CT molecular complexity index is 845. The molecular formula is C20H20N2O4. The Labute approximate surface area is 151 Å². The minimum atomic E-state index is -0.434. The highest BCUT2D eigenvalue weighted by Gasteiger charge is 2.39. The molecule has 6 heteroatoms. The van der Waals surface area contributed by atoms with Crippen molar-refractivity contribution < 1.29 is 19.1 Å². The zero-order valence-corrected chi connectivity index (χ0v) is 14.6. The van der Waals surface area contributed by atoms with Crippen molar-refractivity contribution in [2.75, 3.05) is 17.7 Å². The first-order valence-electron chi connectivity index (χ1n) is 8.38. The fraction of sp³-hybridized carbons (Fsp3) is 0.250. The van der Waals surface area contributed by atoms with Gasteiger partial charge >= 0.3 is 5.97 Å². The van der Waals surface area contributed by atoms with Crippen LogP contribution in [0.25, 0.3) is 0 Å². The SMILES string of the molecule is COC(=O)c1ccc(NC(=O)c2cccc(NC(=O)C3CC3C)c2)cc1. The Hall–Kier alpha value is -3.15. The number of ether oxygens (including phenoxy) is 1. The van der Waals surface area contributed by atoms with Crippen LogP contribution in [-0.2, 0) is 9.53 Å². The van der Waals surface area contributed by atoms with Gasteiger partial charge < -0.3 is 15.4 Å². The Morgan fingerprint density at radius 1 is 0.962 bits per heavy atom. The summed E-state index contributed by atoms with van der Waals surface area (Å²) in [7, 11) is 1.31. The lowest BCUT2D eigenvalue weighted by molar-refractivity contribution is -0.117. The average Bonchev–Trinajstić information content (AvgIpc) is 3.39. The van der Waals surface area contributed by atoms with E-state index in [0.717, 1.165) is 6.42 Å². The van der Waals surface area contributed by atoms with Crippen molar-refractivity contribution in [1.82, 2.24) is 0 Å². The van der Waals surface area contributed by atoms with Gasteiger partial charge in [0.05, 0.1) is 12.7 Å². The quantitative estimate of drug-likeness (QED) is 0.809. The summed E-state index contributed by atoms with van der Waals surface area (Å²) < 4.78 is 4.64. The number of hydrogen-bond donors (Lipinski definition) is 2. The molecule has 0 aliphatic heterocycles. The number of benzene rings is 2. The Morgan fingerprint density at radius 2 is 1.65 bits per heavy atom. The summed E-state index contributed by atoms with van der Waals surface area (Å²) in [4.78, 5) is 35.9. The Balaban J connectivity index is 1.65. The third-order valence-electron chi connectivity index (χ3n) is 4.40. The molecule has 0 heterocycles. The third-order valence-corrected chi connectivity index (χ3v) is 4.40. The molecule has 0 saturated heterocycles. The van der Waals surface area contributed by atoms with Crippen LogP contribution in [0.3, 0.4) is 0 Å². The lowest BCUT2D eigenvalue weighted by atomic mass is 10.1. The van der Waals surface area contributed by atoms with Crippen molar-refractivity contribution in [2.45, 2.75) is 13.3 Å². The minimum absolute atomic E-state index is 0.00606. The van der Waals surface area contributed by atoms with Crippen LogP contribution in [0.15, 0.2) is 48.5 Å². The highest BCUT2D eigenvalue weighted by Crippen LogP contribution is 2.38. The molecular weight excluding hydrogens is 332 g/mol. The lowest BCUT2D eigenvalue weighted by Crippen LogP contribution is -2.16. The summed E-state index contributed by atoms with van der Waals surface area (Å²) in [6.07, 6.45) is 0.910. The molecule has 1 saturated carbocycles. The summed E-state index contributed by atoms with van der Waals surface area (Å²) in [6, 6.07) is 13.2. The minimum Gasteiger partial charge on any atom is -0.465 e. The molecule has 2 aromatic rings. The second kappa shape index (κ2) is 7.39. The molecule has 1 aliphatic rings. The van der Waals surface area contributed by atoms with Crippen LogP contribution in [0.2, 0.25) is 0 Å². The number of carbonyl (C=O) groups excluding carboxylic acids is 3. The van der Waals surface area contributed by atoms with Gasteiger partial charge in [-0.3, -0.25) is 9.59 Å². The zero-order chi connectivity index (χ0) is 18.7. The van der Waals surface area contributed by atoms with E-state index in [4.69, 9.17) is 0 Å². The molecule has 2 N–H and O–H groups in total. The lowest BCUT2D eigenvalue weighted by Gasteiger charge is -2.09. The van der Waals surface area contributed by atoms with E-state index < -0.39 is 5.97 Å². The van der Waals surface area contributed by atoms with Crippen LogP contribution < -0.4 is 10.6 Å². The fourth-order valence-electron chi connectivity index (χ4n) is 2.67. The maximum atomic E-state index is 12.4. The topological polar surface area (TPSA) is 84.5 Å². The summed E-state index contributed by atoms with van der Waals surface area (Å²) in [6.45, 7) is 2.04. The van der Waals surface area contributed by atoms with Gasteiger partial charge in [0, 0.05) is 22.9 Å². The molecule has 0 bridgehead atoms. The monoisotopic (exact) mass is 352 g/mol. The van der Waals surface area contributed by atoms with Crippen molar-refractivity contribution in [3.05, 3.63) is 59.7 Å². The Kier molecular flexibility index (Phi) is 5.02. The number of hydrogen-bond acceptors (Lipinski definition) is 4. The van der Waals surface area contributed by atoms with Gasteiger partial charge in [-0.1, -0.05) is 13.0 Å². The van der Waals surface area contributed by atoms with Gasteiger partial charge in [0.15, 0.2) is 0 Å². The van der Waals surface area contributed by atoms with E-state index >= 15 is 0 Å². The first-order valence-corrected chi connectivity index (χ1v) is 8.38. The number of nitrogens with one attached hydrogen (secondary N) is 2. The molecule has 2 amide bonds. The molecule has 26 heavy (non-hydrogen) atoms. The van der Waals surface area contributed by atoms with Crippen molar-refractivity contribution >= 4 is 29.2 Å². The maximum absolute atomic E-state index is 12.4. The second-order valence-electron chi connectivity index (χ2n) is 6.41. The van der Waals surface area contributed by atoms with Gasteiger partial charge in [-0.2, -0.15) is 0 Å². The van der Waals surface area contributed by atoms with Gasteiger partial charge in [-0.05, 0) is 54.8 Å². The van der Waals surface area contributed by atoms with Crippen molar-refractivity contribution in [3.63, 3.8) is 0 Å². The Morgan fingerprint density at radius 3 is 2.27 bits per heavy atom. The third kappa shape index (κ3) is 4.08. The van der Waals surface area contributed by atoms with Gasteiger partial charge in [0.1, 0.15) is 0 Å². The number of anilines is 2. The van der Waals surface area contributed by atoms with Crippen LogP contribution in [0.4, 0.5) is 11.4 Å². The van der Waals surface area contributed by atoms with Crippen molar-refractivity contribution in [3.8, 4) is 0 Å². The normalized spacial score (nSPS) is 17.9. The molecule has 2 unspecified atom stereocenters. The summed E-state index contributed by atoms with van der Waals surface area (Å²) in [5.74, 6) is -0.244. The average molecular weight is 352 g/mol. The first kappa shape index (κ1) is 17.7. The largest absolute Gasteiger partial charge is 0.465 e. The van der Waals surface area contributed by atoms with Gasteiger partial charge in [-0.25, -0.2) is 4.79 Å². The standard InChI is InChI=1S/C20H20N2O4/c1-12-10-17(12)19(24)22-16-5-3-4-14(11-16)18(23)21-15-8-6-13(7-9-15)20(25)26-2/h3-9,11-12,17H,10H2,1-2H3,(H,21,23)(H,22,24). The van der Waals surface area contributed by atoms with E-state index in [-0.39, 0.29) is 17.7 Å². The predicted molar refractivity (Wildman–Crippen MR) is 98.1 cm³/mol. The molecule has 0 radical (unpaired) electrons. The molecule has 0 aromatic heterocycles. The van der Waals surface area contributed by atoms with E-state index in [1.807, 2.05) is 6.92 Å². The van der Waals surface area contributed by atoms with E-state index in [9.17, 15) is 14.4 Å². The maximum Gasteiger partial charge on any atom is 0.337 e. The number of carbonyl (C=O) groups is 3. The van der Waals surface area contributed by atoms with Gasteiger partial charge in [0.25, 0.3) is 5.91 Å². The van der Waals surface area contributed by atoms with Crippen molar-refractivity contribution in [2.24, 2.45) is 11.8 Å². The summed E-state index contributed by atoms with van der Waals surface area (Å²) in [5, 5.41) is 5.61. The summed E-state index contributed by atoms with van der Waals surface area (Å²) >= 11 is 0. The van der Waals surface area contributed by atoms with Crippen molar-refractivity contribution in [1.29, 1.82) is 0 Å². The van der Waals surface area contributed by atoms with Crippen LogP contribution in [0, 0.1) is 11.8 Å². The molecule has 3 rings (SSSR count). The summed E-state index contributed by atoms with van der Waals surface area (Å²) in [5.41, 5.74) is 2.00. The highest BCUT2D eigenvalue weighted by atomic mass is 16.5. The van der Waals surface area contributed by atoms with Crippen LogP contribution in [0.5, 0.6) is 0 Å². The number of amides is 2. The first-order chi connectivity index (χ1) is 12.5. The number of esters is 1. The van der Waals surface area contributed by atoms with Gasteiger partial charge in [-0.15, -0.1) is 0 Å². The second-order valence-corrected chi connectivity index (χ2v) is 6.41. The molecule has 2 aromatic carbocycles. The molecule has 1 fully saturated rings. The van der Waals surface area contributed by atoms with E-state index in [2.05, 4.69) is 15.4 Å². The van der Waals surface area contributed by atoms with Crippen LogP contribution in [-0.4, -0.2) is 24.9 Å². The number of methoxy groups -OCH3 is 1. The molecule has 134 valence electrons. The highest BCUT2D eigenvalue weighted by molar-refractivity contribution is 6.05. The predicted octanol–water partition coefficient (Wildman–Crippen LogP) is 3.32. The smallest absolute Gasteiger partial charge is 0.337 e. The molecule has 1 aliphatic carbocycles. The van der Waals surface area contributed by atoms with E-state index in [1.54, 1.807) is 48.5 Å². The van der Waals surface area contributed by atoms with Gasteiger partial charge in [0.2, 0.25) is 5.91 Å². The van der Waals surface area contributed by atoms with Crippen LogP contribution in [0.1, 0.15) is 34.1 Å². The van der Waals surface area contributed by atoms with E-state index in [1.165, 1.54) is 7.11 Å². The number of rotatable bonds is 5. The molecule has 6 nitrogen and oxygen atoms in total. The van der Waals surface area contributed by atoms with E-state index in [0.29, 0.717) is 28.4 Å². The fourth-order valence-corrected chi connectivity index (χ4v) is 2.67. The molecule has 2 atom stereocenters. The molecule has 0 spiro atoms. The zero-order valence-electron chi connectivity index (χ0n) is 14.6.